The smallest absolute Gasteiger partial charge is 0.243 e. The van der Waals surface area contributed by atoms with Crippen LogP contribution in [-0.4, -0.2) is 37.3 Å². The van der Waals surface area contributed by atoms with E-state index in [9.17, 15) is 8.42 Å². The van der Waals surface area contributed by atoms with Gasteiger partial charge >= 0.3 is 0 Å². The average Bonchev–Trinajstić information content (AvgIpc) is 2.75. The molecular formula is C22H29N3O2S. The van der Waals surface area contributed by atoms with E-state index >= 15 is 0 Å². The molecule has 2 saturated heterocycles. The van der Waals surface area contributed by atoms with Crippen LogP contribution in [0.25, 0.3) is 0 Å². The van der Waals surface area contributed by atoms with Gasteiger partial charge in [-0.05, 0) is 62.8 Å². The van der Waals surface area contributed by atoms with Crippen LogP contribution in [0.3, 0.4) is 0 Å². The number of pyridine rings is 1. The molecule has 0 unspecified atom stereocenters. The van der Waals surface area contributed by atoms with Crippen LogP contribution >= 0.6 is 0 Å². The number of hydrogen-bond acceptors (Lipinski definition) is 4. The van der Waals surface area contributed by atoms with Gasteiger partial charge in [-0.1, -0.05) is 30.2 Å². The van der Waals surface area contributed by atoms with E-state index in [4.69, 9.17) is 0 Å². The van der Waals surface area contributed by atoms with E-state index in [2.05, 4.69) is 22.0 Å². The zero-order valence-corrected chi connectivity index (χ0v) is 17.4. The van der Waals surface area contributed by atoms with Crippen molar-refractivity contribution >= 4 is 15.8 Å². The van der Waals surface area contributed by atoms with E-state index in [0.29, 0.717) is 11.4 Å². The summed E-state index contributed by atoms with van der Waals surface area (Å²) < 4.78 is 28.3. The van der Waals surface area contributed by atoms with Gasteiger partial charge in [0.2, 0.25) is 10.0 Å². The first kappa shape index (κ1) is 19.4. The van der Waals surface area contributed by atoms with Crippen LogP contribution in [0.1, 0.15) is 55.7 Å². The molecule has 0 bridgehead atoms. The highest BCUT2D eigenvalue weighted by atomic mass is 32.2. The number of aryl methyl sites for hydroxylation is 1. The molecule has 150 valence electrons. The largest absolute Gasteiger partial charge is 0.357 e. The standard InChI is InChI=1S/C22H29N3O2S/c1-18-8-11-20(12-9-18)28(26,27)25-16-6-3-7-21(25)19-10-13-22(23-17-19)24-14-4-2-5-15-24/h8-13,17,21H,2-7,14-16H2,1H3/t21-/m0/s1. The van der Waals surface area contributed by atoms with Gasteiger partial charge in [0.05, 0.1) is 10.9 Å². The minimum absolute atomic E-state index is 0.136. The molecular weight excluding hydrogens is 370 g/mol. The maximum Gasteiger partial charge on any atom is 0.243 e. The van der Waals surface area contributed by atoms with Crippen molar-refractivity contribution in [3.05, 3.63) is 53.7 Å². The summed E-state index contributed by atoms with van der Waals surface area (Å²) in [6.07, 6.45) is 8.40. The van der Waals surface area contributed by atoms with Gasteiger partial charge in [-0.2, -0.15) is 4.31 Å². The number of rotatable bonds is 4. The summed E-state index contributed by atoms with van der Waals surface area (Å²) >= 11 is 0. The molecule has 28 heavy (non-hydrogen) atoms. The first-order valence-electron chi connectivity index (χ1n) is 10.3. The quantitative estimate of drug-likeness (QED) is 0.769. The monoisotopic (exact) mass is 399 g/mol. The summed E-state index contributed by atoms with van der Waals surface area (Å²) in [7, 11) is -3.51. The van der Waals surface area contributed by atoms with Crippen molar-refractivity contribution in [1.29, 1.82) is 0 Å². The zero-order chi connectivity index (χ0) is 19.6. The van der Waals surface area contributed by atoms with E-state index in [0.717, 1.165) is 49.3 Å². The third-order valence-electron chi connectivity index (χ3n) is 5.92. The molecule has 0 aliphatic carbocycles. The molecule has 2 aromatic rings. The average molecular weight is 400 g/mol. The Morgan fingerprint density at radius 1 is 0.893 bits per heavy atom. The lowest BCUT2D eigenvalue weighted by atomic mass is 9.99. The third kappa shape index (κ3) is 3.94. The minimum atomic E-state index is -3.51. The summed E-state index contributed by atoms with van der Waals surface area (Å²) in [5, 5.41) is 0. The number of hydrogen-bond donors (Lipinski definition) is 0. The van der Waals surface area contributed by atoms with Crippen molar-refractivity contribution in [2.45, 2.75) is 56.4 Å². The Labute approximate surface area is 168 Å². The van der Waals surface area contributed by atoms with Gasteiger partial charge in [0.1, 0.15) is 5.82 Å². The van der Waals surface area contributed by atoms with Crippen LogP contribution in [0.2, 0.25) is 0 Å². The first-order chi connectivity index (χ1) is 13.6. The molecule has 1 aromatic carbocycles. The highest BCUT2D eigenvalue weighted by molar-refractivity contribution is 7.89. The summed E-state index contributed by atoms with van der Waals surface area (Å²) in [5.41, 5.74) is 2.06. The molecule has 2 aliphatic rings. The van der Waals surface area contributed by atoms with Gasteiger partial charge < -0.3 is 4.90 Å². The Morgan fingerprint density at radius 3 is 2.29 bits per heavy atom. The lowest BCUT2D eigenvalue weighted by Gasteiger charge is -2.35. The van der Waals surface area contributed by atoms with Crippen molar-refractivity contribution in [2.75, 3.05) is 24.5 Å². The molecule has 1 aromatic heterocycles. The molecule has 1 atom stereocenters. The van der Waals surface area contributed by atoms with E-state index in [1.165, 1.54) is 19.3 Å². The molecule has 0 spiro atoms. The van der Waals surface area contributed by atoms with Gasteiger partial charge in [-0.15, -0.1) is 0 Å². The molecule has 2 aliphatic heterocycles. The molecule has 0 amide bonds. The number of aromatic nitrogens is 1. The topological polar surface area (TPSA) is 53.5 Å². The Kier molecular flexibility index (Phi) is 5.69. The van der Waals surface area contributed by atoms with Crippen molar-refractivity contribution in [1.82, 2.24) is 9.29 Å². The van der Waals surface area contributed by atoms with E-state index in [-0.39, 0.29) is 6.04 Å². The molecule has 2 fully saturated rings. The molecule has 6 heteroatoms. The summed E-state index contributed by atoms with van der Waals surface area (Å²) in [6, 6.07) is 11.2. The SMILES string of the molecule is Cc1ccc(S(=O)(=O)N2CCCC[C@H]2c2ccc(N3CCCCC3)nc2)cc1. The summed E-state index contributed by atoms with van der Waals surface area (Å²) in [5.74, 6) is 1.01. The second kappa shape index (κ2) is 8.21. The lowest BCUT2D eigenvalue weighted by Crippen LogP contribution is -2.38. The van der Waals surface area contributed by atoms with Gasteiger partial charge in [0, 0.05) is 25.8 Å². The minimum Gasteiger partial charge on any atom is -0.357 e. The predicted molar refractivity (Wildman–Crippen MR) is 112 cm³/mol. The van der Waals surface area contributed by atoms with Crippen LogP contribution in [0, 0.1) is 6.92 Å². The van der Waals surface area contributed by atoms with Crippen molar-refractivity contribution in [2.24, 2.45) is 0 Å². The van der Waals surface area contributed by atoms with Crippen molar-refractivity contribution in [3.63, 3.8) is 0 Å². The fourth-order valence-corrected chi connectivity index (χ4v) is 5.96. The molecule has 0 N–H and O–H groups in total. The van der Waals surface area contributed by atoms with Gasteiger partial charge in [0.15, 0.2) is 0 Å². The van der Waals surface area contributed by atoms with Crippen LogP contribution in [0.15, 0.2) is 47.5 Å². The van der Waals surface area contributed by atoms with Gasteiger partial charge in [0.25, 0.3) is 0 Å². The van der Waals surface area contributed by atoms with Crippen LogP contribution in [0.5, 0.6) is 0 Å². The number of sulfonamides is 1. The van der Waals surface area contributed by atoms with Crippen molar-refractivity contribution < 1.29 is 8.42 Å². The normalized spacial score (nSPS) is 21.6. The van der Waals surface area contributed by atoms with Gasteiger partial charge in [-0.25, -0.2) is 13.4 Å². The van der Waals surface area contributed by atoms with E-state index in [1.54, 1.807) is 16.4 Å². The number of nitrogens with zero attached hydrogens (tertiary/aromatic N) is 3. The molecule has 5 nitrogen and oxygen atoms in total. The number of anilines is 1. The summed E-state index contributed by atoms with van der Waals surface area (Å²) in [6.45, 7) is 4.65. The van der Waals surface area contributed by atoms with Crippen LogP contribution < -0.4 is 4.90 Å². The fraction of sp³-hybridized carbons (Fsp3) is 0.500. The molecule has 3 heterocycles. The van der Waals surface area contributed by atoms with E-state index < -0.39 is 10.0 Å². The first-order valence-corrected chi connectivity index (χ1v) is 11.8. The Balaban J connectivity index is 1.59. The predicted octanol–water partition coefficient (Wildman–Crippen LogP) is 4.30. The lowest BCUT2D eigenvalue weighted by molar-refractivity contribution is 0.255. The zero-order valence-electron chi connectivity index (χ0n) is 16.5. The van der Waals surface area contributed by atoms with Gasteiger partial charge in [-0.3, -0.25) is 0 Å². The highest BCUT2D eigenvalue weighted by Crippen LogP contribution is 2.35. The summed E-state index contributed by atoms with van der Waals surface area (Å²) in [4.78, 5) is 7.39. The second-order valence-corrected chi connectivity index (χ2v) is 9.83. The fourth-order valence-electron chi connectivity index (χ4n) is 4.28. The third-order valence-corrected chi connectivity index (χ3v) is 7.84. The highest BCUT2D eigenvalue weighted by Gasteiger charge is 2.34. The maximum absolute atomic E-state index is 13.3. The Hall–Kier alpha value is -1.92. The van der Waals surface area contributed by atoms with Crippen LogP contribution in [0.4, 0.5) is 5.82 Å². The Bertz CT molecular complexity index is 888. The number of benzene rings is 1. The molecule has 0 radical (unpaired) electrons. The Morgan fingerprint density at radius 2 is 1.61 bits per heavy atom. The second-order valence-electron chi connectivity index (χ2n) is 7.94. The molecule has 4 rings (SSSR count). The van der Waals surface area contributed by atoms with E-state index in [1.807, 2.05) is 25.3 Å². The molecule has 0 saturated carbocycles. The maximum atomic E-state index is 13.3. The van der Waals surface area contributed by atoms with Crippen LogP contribution in [-0.2, 0) is 10.0 Å². The number of piperidine rings is 2. The van der Waals surface area contributed by atoms with Crippen molar-refractivity contribution in [3.8, 4) is 0 Å².